The molecular weight excluding hydrogens is 386 g/mol. The predicted molar refractivity (Wildman–Crippen MR) is 116 cm³/mol. The van der Waals surface area contributed by atoms with Crippen LogP contribution in [0.5, 0.6) is 0 Å². The molecule has 3 aliphatic rings. The fourth-order valence-electron chi connectivity index (χ4n) is 5.32. The number of amides is 3. The van der Waals surface area contributed by atoms with E-state index in [9.17, 15) is 9.59 Å². The third-order valence-electron chi connectivity index (χ3n) is 6.98. The summed E-state index contributed by atoms with van der Waals surface area (Å²) in [4.78, 5) is 27.3. The standard InChI is InChI=1S/C23H32ClN3O2/c24-21-14-19(26-23(29)25-18-8-2-1-3-9-18)10-11-20(21)22(28)27-13-12-16-6-4-5-7-17(16)15-27/h10-11,14,16-18H,1-9,12-13,15H2,(H2,25,26,29)/t16?,17-/m1/s1. The number of anilines is 1. The van der Waals surface area contributed by atoms with Crippen LogP contribution in [-0.2, 0) is 0 Å². The fourth-order valence-corrected chi connectivity index (χ4v) is 5.58. The number of piperidine rings is 1. The van der Waals surface area contributed by atoms with E-state index >= 15 is 0 Å². The Kier molecular flexibility index (Phi) is 6.63. The smallest absolute Gasteiger partial charge is 0.319 e. The summed E-state index contributed by atoms with van der Waals surface area (Å²) in [6.07, 6.45) is 12.0. The van der Waals surface area contributed by atoms with Gasteiger partial charge in [0.05, 0.1) is 10.6 Å². The molecule has 1 unspecified atom stereocenters. The van der Waals surface area contributed by atoms with Crippen LogP contribution >= 0.6 is 11.6 Å². The lowest BCUT2D eigenvalue weighted by Gasteiger charge is -2.41. The molecule has 4 rings (SSSR count). The van der Waals surface area contributed by atoms with E-state index in [1.165, 1.54) is 44.9 Å². The van der Waals surface area contributed by atoms with Crippen LogP contribution in [-0.4, -0.2) is 36.0 Å². The summed E-state index contributed by atoms with van der Waals surface area (Å²) in [7, 11) is 0. The number of carbonyl (C=O) groups excluding carboxylic acids is 2. The molecule has 2 N–H and O–H groups in total. The average Bonchev–Trinajstić information content (AvgIpc) is 2.73. The molecule has 5 nitrogen and oxygen atoms in total. The minimum absolute atomic E-state index is 0.0113. The second-order valence-electron chi connectivity index (χ2n) is 8.97. The molecule has 1 aliphatic heterocycles. The van der Waals surface area contributed by atoms with Crippen LogP contribution in [0.4, 0.5) is 10.5 Å². The van der Waals surface area contributed by atoms with Gasteiger partial charge in [0.25, 0.3) is 5.91 Å². The third-order valence-corrected chi connectivity index (χ3v) is 7.29. The number of benzene rings is 1. The molecule has 1 aromatic rings. The summed E-state index contributed by atoms with van der Waals surface area (Å²) in [6.45, 7) is 1.67. The number of carbonyl (C=O) groups is 2. The second kappa shape index (κ2) is 9.38. The van der Waals surface area contributed by atoms with Gasteiger partial charge in [0, 0.05) is 24.8 Å². The van der Waals surface area contributed by atoms with Crippen molar-refractivity contribution in [1.29, 1.82) is 0 Å². The Morgan fingerprint density at radius 3 is 2.41 bits per heavy atom. The van der Waals surface area contributed by atoms with Crippen LogP contribution in [0.3, 0.4) is 0 Å². The van der Waals surface area contributed by atoms with Gasteiger partial charge in [-0.1, -0.05) is 50.1 Å². The van der Waals surface area contributed by atoms with E-state index in [0.29, 0.717) is 22.2 Å². The molecule has 3 fully saturated rings. The van der Waals surface area contributed by atoms with Crippen molar-refractivity contribution in [2.24, 2.45) is 11.8 Å². The molecule has 6 heteroatoms. The first kappa shape index (κ1) is 20.5. The highest BCUT2D eigenvalue weighted by Gasteiger charge is 2.33. The van der Waals surface area contributed by atoms with Gasteiger partial charge in [-0.05, 0) is 55.7 Å². The first-order valence-corrected chi connectivity index (χ1v) is 11.6. The highest BCUT2D eigenvalue weighted by atomic mass is 35.5. The minimum Gasteiger partial charge on any atom is -0.338 e. The Hall–Kier alpha value is -1.75. The number of halogens is 1. The molecule has 1 heterocycles. The van der Waals surface area contributed by atoms with Crippen molar-refractivity contribution in [3.05, 3.63) is 28.8 Å². The lowest BCUT2D eigenvalue weighted by atomic mass is 9.75. The van der Waals surface area contributed by atoms with Crippen LogP contribution in [0, 0.1) is 11.8 Å². The molecule has 0 bridgehead atoms. The Balaban J connectivity index is 1.35. The van der Waals surface area contributed by atoms with Crippen molar-refractivity contribution in [3.8, 4) is 0 Å². The molecule has 0 radical (unpaired) electrons. The van der Waals surface area contributed by atoms with Gasteiger partial charge in [-0.3, -0.25) is 4.79 Å². The SMILES string of the molecule is O=C(Nc1ccc(C(=O)N2CCC3CCCC[C@@H]3C2)c(Cl)c1)NC1CCCCC1. The number of urea groups is 1. The zero-order valence-electron chi connectivity index (χ0n) is 17.1. The summed E-state index contributed by atoms with van der Waals surface area (Å²) in [5, 5.41) is 6.29. The van der Waals surface area contributed by atoms with Gasteiger partial charge in [-0.2, -0.15) is 0 Å². The van der Waals surface area contributed by atoms with E-state index in [2.05, 4.69) is 10.6 Å². The van der Waals surface area contributed by atoms with Crippen LogP contribution in [0.2, 0.25) is 5.02 Å². The molecule has 1 aromatic carbocycles. The molecular formula is C23H32ClN3O2. The van der Waals surface area contributed by atoms with Crippen molar-refractivity contribution in [2.45, 2.75) is 70.3 Å². The van der Waals surface area contributed by atoms with Gasteiger partial charge in [-0.15, -0.1) is 0 Å². The molecule has 158 valence electrons. The second-order valence-corrected chi connectivity index (χ2v) is 9.38. The molecule has 1 saturated heterocycles. The first-order valence-electron chi connectivity index (χ1n) is 11.3. The van der Waals surface area contributed by atoms with Gasteiger partial charge in [0.15, 0.2) is 0 Å². The van der Waals surface area contributed by atoms with Gasteiger partial charge in [0.2, 0.25) is 0 Å². The number of likely N-dealkylation sites (tertiary alicyclic amines) is 1. The number of rotatable bonds is 3. The van der Waals surface area contributed by atoms with E-state index in [4.69, 9.17) is 11.6 Å². The fraction of sp³-hybridized carbons (Fsp3) is 0.652. The van der Waals surface area contributed by atoms with E-state index in [1.807, 2.05) is 4.90 Å². The van der Waals surface area contributed by atoms with E-state index in [1.54, 1.807) is 18.2 Å². The summed E-state index contributed by atoms with van der Waals surface area (Å²) in [5.41, 5.74) is 1.14. The minimum atomic E-state index is -0.202. The zero-order chi connectivity index (χ0) is 20.2. The molecule has 0 spiro atoms. The van der Waals surface area contributed by atoms with Gasteiger partial charge in [-0.25, -0.2) is 4.79 Å². The number of hydrogen-bond acceptors (Lipinski definition) is 2. The van der Waals surface area contributed by atoms with Crippen molar-refractivity contribution in [3.63, 3.8) is 0 Å². The normalized spacial score (nSPS) is 25.2. The van der Waals surface area contributed by atoms with Crippen LogP contribution in [0.1, 0.15) is 74.6 Å². The molecule has 0 aromatic heterocycles. The van der Waals surface area contributed by atoms with E-state index in [0.717, 1.165) is 38.3 Å². The number of nitrogens with one attached hydrogen (secondary N) is 2. The van der Waals surface area contributed by atoms with Crippen molar-refractivity contribution >= 4 is 29.2 Å². The summed E-state index contributed by atoms with van der Waals surface area (Å²) in [6, 6.07) is 5.25. The lowest BCUT2D eigenvalue weighted by molar-refractivity contribution is 0.0521. The van der Waals surface area contributed by atoms with Gasteiger partial charge >= 0.3 is 6.03 Å². The van der Waals surface area contributed by atoms with Gasteiger partial charge in [0.1, 0.15) is 0 Å². The highest BCUT2D eigenvalue weighted by Crippen LogP contribution is 2.36. The van der Waals surface area contributed by atoms with Crippen molar-refractivity contribution < 1.29 is 9.59 Å². The number of fused-ring (bicyclic) bond motifs is 1. The molecule has 2 aliphatic carbocycles. The van der Waals surface area contributed by atoms with E-state index < -0.39 is 0 Å². The lowest BCUT2D eigenvalue weighted by Crippen LogP contribution is -2.44. The average molecular weight is 418 g/mol. The molecule has 2 atom stereocenters. The zero-order valence-corrected chi connectivity index (χ0v) is 17.8. The largest absolute Gasteiger partial charge is 0.338 e. The maximum absolute atomic E-state index is 13.0. The summed E-state index contributed by atoms with van der Waals surface area (Å²) >= 11 is 6.44. The Bertz CT molecular complexity index is 748. The summed E-state index contributed by atoms with van der Waals surface area (Å²) in [5.74, 6) is 1.44. The van der Waals surface area contributed by atoms with Gasteiger partial charge < -0.3 is 15.5 Å². The summed E-state index contributed by atoms with van der Waals surface area (Å²) < 4.78 is 0. The topological polar surface area (TPSA) is 61.4 Å². The first-order chi connectivity index (χ1) is 14.1. The maximum atomic E-state index is 13.0. The van der Waals surface area contributed by atoms with Crippen LogP contribution in [0.15, 0.2) is 18.2 Å². The third kappa shape index (κ3) is 5.06. The maximum Gasteiger partial charge on any atom is 0.319 e. The Labute approximate surface area is 178 Å². The number of nitrogens with zero attached hydrogens (tertiary/aromatic N) is 1. The number of hydrogen-bond donors (Lipinski definition) is 2. The Morgan fingerprint density at radius 1 is 0.931 bits per heavy atom. The van der Waals surface area contributed by atoms with Crippen LogP contribution < -0.4 is 10.6 Å². The molecule has 3 amide bonds. The van der Waals surface area contributed by atoms with Crippen molar-refractivity contribution in [2.75, 3.05) is 18.4 Å². The predicted octanol–water partition coefficient (Wildman–Crippen LogP) is 5.45. The van der Waals surface area contributed by atoms with Crippen molar-refractivity contribution in [1.82, 2.24) is 10.2 Å². The highest BCUT2D eigenvalue weighted by molar-refractivity contribution is 6.34. The molecule has 29 heavy (non-hydrogen) atoms. The van der Waals surface area contributed by atoms with E-state index in [-0.39, 0.29) is 18.0 Å². The quantitative estimate of drug-likeness (QED) is 0.687. The monoisotopic (exact) mass is 417 g/mol. The Morgan fingerprint density at radius 2 is 1.66 bits per heavy atom. The van der Waals surface area contributed by atoms with Crippen LogP contribution in [0.25, 0.3) is 0 Å². The molecule has 2 saturated carbocycles.